The van der Waals surface area contributed by atoms with Crippen molar-refractivity contribution in [1.29, 1.82) is 0 Å². The predicted octanol–water partition coefficient (Wildman–Crippen LogP) is 4.16. The van der Waals surface area contributed by atoms with Gasteiger partial charge >= 0.3 is 0 Å². The lowest BCUT2D eigenvalue weighted by atomic mass is 10.6. The van der Waals surface area contributed by atoms with Crippen molar-refractivity contribution >= 4 is 80.0 Å². The summed E-state index contributed by atoms with van der Waals surface area (Å²) in [7, 11) is 0. The summed E-state index contributed by atoms with van der Waals surface area (Å²) in [4.78, 5) is 3.08. The smallest absolute Gasteiger partial charge is 0.0812 e. The van der Waals surface area contributed by atoms with E-state index in [9.17, 15) is 0 Å². The highest BCUT2D eigenvalue weighted by molar-refractivity contribution is 14.1. The SMILES string of the molecule is Ic1sc(I)c2c1SCCS2. The molecule has 1 aliphatic rings. The quantitative estimate of drug-likeness (QED) is 0.572. The Balaban J connectivity index is 2.52. The van der Waals surface area contributed by atoms with Gasteiger partial charge in [0, 0.05) is 21.3 Å². The molecular formula is C6H4I2S3. The van der Waals surface area contributed by atoms with Crippen molar-refractivity contribution in [2.45, 2.75) is 9.79 Å². The molecule has 0 radical (unpaired) electrons. The number of thioether (sulfide) groups is 2. The van der Waals surface area contributed by atoms with Gasteiger partial charge in [-0.15, -0.1) is 34.9 Å². The first kappa shape index (κ1) is 9.42. The van der Waals surface area contributed by atoms with Gasteiger partial charge in [-0.2, -0.15) is 0 Å². The molecule has 0 N–H and O–H groups in total. The van der Waals surface area contributed by atoms with Crippen molar-refractivity contribution in [3.8, 4) is 0 Å². The van der Waals surface area contributed by atoms with Crippen molar-refractivity contribution in [1.82, 2.24) is 0 Å². The van der Waals surface area contributed by atoms with Gasteiger partial charge in [-0.05, 0) is 45.2 Å². The Morgan fingerprint density at radius 2 is 1.36 bits per heavy atom. The van der Waals surface area contributed by atoms with E-state index in [-0.39, 0.29) is 0 Å². The van der Waals surface area contributed by atoms with Crippen molar-refractivity contribution in [3.63, 3.8) is 0 Å². The molecule has 60 valence electrons. The summed E-state index contributed by atoms with van der Waals surface area (Å²) in [5.74, 6) is 2.56. The van der Waals surface area contributed by atoms with Crippen molar-refractivity contribution in [2.24, 2.45) is 0 Å². The average Bonchev–Trinajstić information content (AvgIpc) is 2.30. The molecule has 0 unspecified atom stereocenters. The van der Waals surface area contributed by atoms with E-state index in [1.165, 1.54) is 27.1 Å². The largest absolute Gasteiger partial charge is 0.122 e. The van der Waals surface area contributed by atoms with Crippen LogP contribution in [-0.4, -0.2) is 11.5 Å². The summed E-state index contributed by atoms with van der Waals surface area (Å²) in [6.45, 7) is 0. The standard InChI is InChI=1S/C6H4I2S3/c7-5-3-4(6(8)11-5)10-2-1-9-3/h1-2H2. The normalized spacial score (nSPS) is 16.5. The number of rotatable bonds is 0. The van der Waals surface area contributed by atoms with Gasteiger partial charge in [0.1, 0.15) is 0 Å². The van der Waals surface area contributed by atoms with Gasteiger partial charge in [0.15, 0.2) is 0 Å². The minimum absolute atomic E-state index is 1.28. The van der Waals surface area contributed by atoms with E-state index in [2.05, 4.69) is 45.2 Å². The zero-order valence-electron chi connectivity index (χ0n) is 5.39. The van der Waals surface area contributed by atoms with E-state index in [1.54, 1.807) is 0 Å². The molecule has 5 heteroatoms. The average molecular weight is 426 g/mol. The van der Waals surface area contributed by atoms with Crippen LogP contribution in [0.2, 0.25) is 0 Å². The Bertz CT molecular complexity index is 255. The molecule has 0 saturated carbocycles. The van der Waals surface area contributed by atoms with Crippen LogP contribution >= 0.6 is 80.0 Å². The van der Waals surface area contributed by atoms with E-state index in [0.717, 1.165) is 0 Å². The van der Waals surface area contributed by atoms with Crippen LogP contribution in [0.5, 0.6) is 0 Å². The molecule has 0 amide bonds. The van der Waals surface area contributed by atoms with E-state index in [1.807, 2.05) is 34.9 Å². The van der Waals surface area contributed by atoms with Crippen LogP contribution < -0.4 is 0 Å². The zero-order chi connectivity index (χ0) is 7.84. The Labute approximate surface area is 106 Å². The molecule has 0 nitrogen and oxygen atoms in total. The highest BCUT2D eigenvalue weighted by Gasteiger charge is 2.19. The van der Waals surface area contributed by atoms with Gasteiger partial charge in [0.05, 0.1) is 5.77 Å². The number of hydrogen-bond acceptors (Lipinski definition) is 3. The maximum Gasteiger partial charge on any atom is 0.0812 e. The maximum atomic E-state index is 2.44. The summed E-state index contributed by atoms with van der Waals surface area (Å²) in [6, 6.07) is 0. The Morgan fingerprint density at radius 3 is 1.82 bits per heavy atom. The molecule has 1 aromatic rings. The summed E-state index contributed by atoms with van der Waals surface area (Å²) >= 11 is 10.8. The van der Waals surface area contributed by atoms with Crippen molar-refractivity contribution < 1.29 is 0 Å². The van der Waals surface area contributed by atoms with Gasteiger partial charge in [0.2, 0.25) is 0 Å². The minimum Gasteiger partial charge on any atom is -0.122 e. The van der Waals surface area contributed by atoms with Crippen LogP contribution in [0.15, 0.2) is 9.79 Å². The number of fused-ring (bicyclic) bond motifs is 1. The van der Waals surface area contributed by atoms with Gasteiger partial charge < -0.3 is 0 Å². The predicted molar refractivity (Wildman–Crippen MR) is 71.2 cm³/mol. The van der Waals surface area contributed by atoms with Gasteiger partial charge in [-0.3, -0.25) is 0 Å². The second kappa shape index (κ2) is 3.93. The van der Waals surface area contributed by atoms with Crippen LogP contribution in [-0.2, 0) is 0 Å². The van der Waals surface area contributed by atoms with Crippen LogP contribution in [0.25, 0.3) is 0 Å². The molecule has 0 aliphatic carbocycles. The number of halogens is 2. The molecule has 0 saturated heterocycles. The van der Waals surface area contributed by atoms with E-state index in [0.29, 0.717) is 0 Å². The molecule has 1 aliphatic heterocycles. The fraction of sp³-hybridized carbons (Fsp3) is 0.333. The highest BCUT2D eigenvalue weighted by Crippen LogP contribution is 2.46. The van der Waals surface area contributed by atoms with Crippen LogP contribution in [0.4, 0.5) is 0 Å². The molecular weight excluding hydrogens is 422 g/mol. The van der Waals surface area contributed by atoms with Gasteiger partial charge in [-0.25, -0.2) is 0 Å². The van der Waals surface area contributed by atoms with E-state index < -0.39 is 0 Å². The fourth-order valence-corrected chi connectivity index (χ4v) is 8.71. The summed E-state index contributed by atoms with van der Waals surface area (Å²) in [5, 5.41) is 0. The summed E-state index contributed by atoms with van der Waals surface area (Å²) < 4.78 is 2.94. The van der Waals surface area contributed by atoms with Gasteiger partial charge in [-0.1, -0.05) is 0 Å². The zero-order valence-corrected chi connectivity index (χ0v) is 12.2. The molecule has 0 aromatic carbocycles. The Hall–Kier alpha value is 1.86. The first-order valence-electron chi connectivity index (χ1n) is 3.02. The molecule has 2 heterocycles. The third-order valence-corrected chi connectivity index (χ3v) is 8.07. The Morgan fingerprint density at radius 1 is 0.909 bits per heavy atom. The van der Waals surface area contributed by atoms with E-state index in [4.69, 9.17) is 0 Å². The highest BCUT2D eigenvalue weighted by atomic mass is 127. The van der Waals surface area contributed by atoms with Crippen molar-refractivity contribution in [3.05, 3.63) is 5.77 Å². The maximum absolute atomic E-state index is 2.44. The van der Waals surface area contributed by atoms with Crippen LogP contribution in [0, 0.1) is 5.77 Å². The minimum atomic E-state index is 1.28. The lowest BCUT2D eigenvalue weighted by Gasteiger charge is -2.10. The second-order valence-corrected chi connectivity index (χ2v) is 8.86. The summed E-state index contributed by atoms with van der Waals surface area (Å²) in [6.07, 6.45) is 0. The monoisotopic (exact) mass is 426 g/mol. The Kier molecular flexibility index (Phi) is 3.37. The van der Waals surface area contributed by atoms with Crippen LogP contribution in [0.3, 0.4) is 0 Å². The third kappa shape index (κ3) is 1.87. The lowest BCUT2D eigenvalue weighted by Crippen LogP contribution is -1.91. The van der Waals surface area contributed by atoms with E-state index >= 15 is 0 Å². The van der Waals surface area contributed by atoms with Crippen molar-refractivity contribution in [2.75, 3.05) is 11.5 Å². The molecule has 0 spiro atoms. The first-order chi connectivity index (χ1) is 5.29. The lowest BCUT2D eigenvalue weighted by molar-refractivity contribution is 1.25. The molecule has 0 bridgehead atoms. The van der Waals surface area contributed by atoms with Crippen LogP contribution in [0.1, 0.15) is 0 Å². The molecule has 1 aromatic heterocycles. The first-order valence-corrected chi connectivity index (χ1v) is 7.97. The summed E-state index contributed by atoms with van der Waals surface area (Å²) in [5.41, 5.74) is 0. The topological polar surface area (TPSA) is 0 Å². The fourth-order valence-electron chi connectivity index (χ4n) is 0.882. The van der Waals surface area contributed by atoms with Gasteiger partial charge in [0.25, 0.3) is 0 Å². The molecule has 0 fully saturated rings. The number of hydrogen-bond donors (Lipinski definition) is 0. The molecule has 0 atom stereocenters. The molecule has 11 heavy (non-hydrogen) atoms. The third-order valence-electron chi connectivity index (χ3n) is 1.32. The molecule has 2 rings (SSSR count). The second-order valence-electron chi connectivity index (χ2n) is 2.00. The number of thiophene rings is 1.